The third-order valence-corrected chi connectivity index (χ3v) is 2.24. The summed E-state index contributed by atoms with van der Waals surface area (Å²) >= 11 is 0. The summed E-state index contributed by atoms with van der Waals surface area (Å²) in [7, 11) is 0. The van der Waals surface area contributed by atoms with E-state index in [0.717, 1.165) is 5.56 Å². The summed E-state index contributed by atoms with van der Waals surface area (Å²) in [5.74, 6) is 0. The third-order valence-electron chi connectivity index (χ3n) is 2.24. The monoisotopic (exact) mass is 214 g/mol. The highest BCUT2D eigenvalue weighted by molar-refractivity contribution is 5.32. The molecule has 2 rings (SSSR count). The molecule has 16 heavy (non-hydrogen) atoms. The average Bonchev–Trinajstić information content (AvgIpc) is 2.30. The van der Waals surface area contributed by atoms with Crippen LogP contribution in [0.1, 0.15) is 11.3 Å². The number of benzene rings is 1. The van der Waals surface area contributed by atoms with Crippen molar-refractivity contribution in [3.63, 3.8) is 0 Å². The first kappa shape index (κ1) is 10.3. The zero-order valence-electron chi connectivity index (χ0n) is 8.54. The second-order valence-electron chi connectivity index (χ2n) is 3.42. The van der Waals surface area contributed by atoms with E-state index in [4.69, 9.17) is 0 Å². The molecule has 0 aliphatic rings. The molecule has 0 N–H and O–H groups in total. The van der Waals surface area contributed by atoms with Crippen LogP contribution in [-0.2, 0) is 6.42 Å². The lowest BCUT2D eigenvalue weighted by Crippen LogP contribution is -1.94. The Morgan fingerprint density at radius 3 is 2.62 bits per heavy atom. The molecular weight excluding hydrogens is 204 g/mol. The van der Waals surface area contributed by atoms with Crippen molar-refractivity contribution in [2.75, 3.05) is 0 Å². The second-order valence-corrected chi connectivity index (χ2v) is 3.42. The molecule has 80 valence electrons. The van der Waals surface area contributed by atoms with E-state index in [1.54, 1.807) is 0 Å². The fraction of sp³-hybridized carbons (Fsp3) is 0.0833. The van der Waals surface area contributed by atoms with Crippen molar-refractivity contribution in [1.29, 1.82) is 0 Å². The Morgan fingerprint density at radius 2 is 1.94 bits per heavy atom. The molecule has 4 nitrogen and oxygen atoms in total. The van der Waals surface area contributed by atoms with E-state index in [1.165, 1.54) is 18.3 Å². The molecule has 1 aromatic heterocycles. The summed E-state index contributed by atoms with van der Waals surface area (Å²) in [4.78, 5) is 14.3. The van der Waals surface area contributed by atoms with Crippen molar-refractivity contribution >= 4 is 5.69 Å². The van der Waals surface area contributed by atoms with E-state index in [-0.39, 0.29) is 5.69 Å². The predicted molar refractivity (Wildman–Crippen MR) is 60.1 cm³/mol. The van der Waals surface area contributed by atoms with Gasteiger partial charge in [0.25, 0.3) is 5.69 Å². The number of nitrogens with zero attached hydrogens (tertiary/aromatic N) is 2. The van der Waals surface area contributed by atoms with Gasteiger partial charge < -0.3 is 0 Å². The van der Waals surface area contributed by atoms with Crippen LogP contribution < -0.4 is 0 Å². The van der Waals surface area contributed by atoms with Gasteiger partial charge in [-0.25, -0.2) is 0 Å². The minimum Gasteiger partial charge on any atom is -0.260 e. The van der Waals surface area contributed by atoms with Crippen molar-refractivity contribution in [3.8, 4) is 0 Å². The molecule has 0 amide bonds. The van der Waals surface area contributed by atoms with Crippen molar-refractivity contribution in [1.82, 2.24) is 4.98 Å². The Balaban J connectivity index is 2.22. The SMILES string of the molecule is O=[N+]([O-])c1ccnc(Cc2ccccc2)c1. The molecule has 0 aliphatic heterocycles. The summed E-state index contributed by atoms with van der Waals surface area (Å²) in [6, 6.07) is 12.7. The van der Waals surface area contributed by atoms with Gasteiger partial charge in [-0.1, -0.05) is 30.3 Å². The molecule has 1 heterocycles. The highest BCUT2D eigenvalue weighted by atomic mass is 16.6. The summed E-state index contributed by atoms with van der Waals surface area (Å²) in [5, 5.41) is 10.6. The van der Waals surface area contributed by atoms with E-state index < -0.39 is 4.92 Å². The van der Waals surface area contributed by atoms with Crippen LogP contribution in [0, 0.1) is 10.1 Å². The maximum Gasteiger partial charge on any atom is 0.272 e. The van der Waals surface area contributed by atoms with Crippen LogP contribution in [0.3, 0.4) is 0 Å². The topological polar surface area (TPSA) is 56.0 Å². The van der Waals surface area contributed by atoms with Gasteiger partial charge >= 0.3 is 0 Å². The predicted octanol–water partition coefficient (Wildman–Crippen LogP) is 2.58. The highest BCUT2D eigenvalue weighted by Gasteiger charge is 2.06. The van der Waals surface area contributed by atoms with E-state index in [9.17, 15) is 10.1 Å². The Morgan fingerprint density at radius 1 is 1.19 bits per heavy atom. The molecule has 0 atom stereocenters. The van der Waals surface area contributed by atoms with Gasteiger partial charge in [-0.2, -0.15) is 0 Å². The number of hydrogen-bond acceptors (Lipinski definition) is 3. The van der Waals surface area contributed by atoms with Crippen LogP contribution in [-0.4, -0.2) is 9.91 Å². The molecule has 0 saturated carbocycles. The lowest BCUT2D eigenvalue weighted by Gasteiger charge is -2.00. The molecule has 1 aromatic carbocycles. The molecule has 4 heteroatoms. The zero-order valence-corrected chi connectivity index (χ0v) is 8.54. The number of hydrogen-bond donors (Lipinski definition) is 0. The first-order valence-corrected chi connectivity index (χ1v) is 4.89. The maximum atomic E-state index is 10.6. The van der Waals surface area contributed by atoms with Gasteiger partial charge in [0.1, 0.15) is 0 Å². The van der Waals surface area contributed by atoms with Crippen LogP contribution >= 0.6 is 0 Å². The number of rotatable bonds is 3. The van der Waals surface area contributed by atoms with Gasteiger partial charge in [-0.3, -0.25) is 15.1 Å². The largest absolute Gasteiger partial charge is 0.272 e. The van der Waals surface area contributed by atoms with E-state index >= 15 is 0 Å². The number of aromatic nitrogens is 1. The van der Waals surface area contributed by atoms with Gasteiger partial charge in [-0.15, -0.1) is 0 Å². The lowest BCUT2D eigenvalue weighted by atomic mass is 10.1. The molecule has 0 saturated heterocycles. The van der Waals surface area contributed by atoms with E-state index in [0.29, 0.717) is 12.1 Å². The Labute approximate surface area is 92.7 Å². The molecule has 0 aliphatic carbocycles. The molecular formula is C12H10N2O2. The Bertz CT molecular complexity index is 497. The zero-order chi connectivity index (χ0) is 11.4. The van der Waals surface area contributed by atoms with Gasteiger partial charge in [0, 0.05) is 24.8 Å². The van der Waals surface area contributed by atoms with Crippen molar-refractivity contribution in [2.45, 2.75) is 6.42 Å². The smallest absolute Gasteiger partial charge is 0.260 e. The summed E-state index contributed by atoms with van der Waals surface area (Å²) < 4.78 is 0. The first-order valence-electron chi connectivity index (χ1n) is 4.89. The van der Waals surface area contributed by atoms with Gasteiger partial charge in [-0.05, 0) is 5.56 Å². The molecule has 0 spiro atoms. The fourth-order valence-corrected chi connectivity index (χ4v) is 1.48. The minimum atomic E-state index is -0.407. The van der Waals surface area contributed by atoms with Crippen LogP contribution in [0.4, 0.5) is 5.69 Å². The number of pyridine rings is 1. The minimum absolute atomic E-state index is 0.0842. The molecule has 0 fully saturated rings. The normalized spacial score (nSPS) is 10.0. The highest BCUT2D eigenvalue weighted by Crippen LogP contribution is 2.13. The standard InChI is InChI=1S/C12H10N2O2/c15-14(16)12-6-7-13-11(9-12)8-10-4-2-1-3-5-10/h1-7,9H,8H2. The van der Waals surface area contributed by atoms with Crippen LogP contribution in [0.25, 0.3) is 0 Å². The van der Waals surface area contributed by atoms with E-state index in [1.807, 2.05) is 30.3 Å². The quantitative estimate of drug-likeness (QED) is 0.582. The Hall–Kier alpha value is -2.23. The summed E-state index contributed by atoms with van der Waals surface area (Å²) in [6.07, 6.45) is 2.08. The van der Waals surface area contributed by atoms with Crippen molar-refractivity contribution in [2.24, 2.45) is 0 Å². The lowest BCUT2D eigenvalue weighted by molar-refractivity contribution is -0.385. The summed E-state index contributed by atoms with van der Waals surface area (Å²) in [6.45, 7) is 0. The molecule has 0 bridgehead atoms. The van der Waals surface area contributed by atoms with Crippen LogP contribution in [0.15, 0.2) is 48.7 Å². The van der Waals surface area contributed by atoms with Crippen molar-refractivity contribution < 1.29 is 4.92 Å². The Kier molecular flexibility index (Phi) is 2.91. The van der Waals surface area contributed by atoms with E-state index in [2.05, 4.69) is 4.98 Å². The van der Waals surface area contributed by atoms with Gasteiger partial charge in [0.05, 0.1) is 10.6 Å². The van der Waals surface area contributed by atoms with Gasteiger partial charge in [0.15, 0.2) is 0 Å². The average molecular weight is 214 g/mol. The third kappa shape index (κ3) is 2.42. The van der Waals surface area contributed by atoms with Crippen LogP contribution in [0.2, 0.25) is 0 Å². The number of nitro groups is 1. The van der Waals surface area contributed by atoms with Crippen molar-refractivity contribution in [3.05, 3.63) is 70.0 Å². The molecule has 0 radical (unpaired) electrons. The maximum absolute atomic E-state index is 10.6. The van der Waals surface area contributed by atoms with Crippen LogP contribution in [0.5, 0.6) is 0 Å². The molecule has 0 unspecified atom stereocenters. The molecule has 2 aromatic rings. The fourth-order valence-electron chi connectivity index (χ4n) is 1.48. The first-order chi connectivity index (χ1) is 7.75. The second kappa shape index (κ2) is 4.53. The summed E-state index contributed by atoms with van der Waals surface area (Å²) in [5.41, 5.74) is 1.89. The van der Waals surface area contributed by atoms with Gasteiger partial charge in [0.2, 0.25) is 0 Å².